The van der Waals surface area contributed by atoms with Crippen LogP contribution in [0.15, 0.2) is 28.7 Å². The van der Waals surface area contributed by atoms with Gasteiger partial charge < -0.3 is 0 Å². The van der Waals surface area contributed by atoms with Crippen molar-refractivity contribution >= 4 is 15.9 Å². The van der Waals surface area contributed by atoms with Gasteiger partial charge in [0.05, 0.1) is 0 Å². The highest BCUT2D eigenvalue weighted by molar-refractivity contribution is 9.10. The third-order valence-electron chi connectivity index (χ3n) is 4.69. The predicted molar refractivity (Wildman–Crippen MR) is 79.5 cm³/mol. The lowest BCUT2D eigenvalue weighted by Crippen LogP contribution is -2.41. The number of rotatable bonds is 2. The van der Waals surface area contributed by atoms with Gasteiger partial charge in [-0.25, -0.2) is 0 Å². The van der Waals surface area contributed by atoms with E-state index in [1.807, 2.05) is 0 Å². The molecule has 1 heterocycles. The second-order valence-electron chi connectivity index (χ2n) is 5.95. The molecule has 0 N–H and O–H groups in total. The third-order valence-corrected chi connectivity index (χ3v) is 5.22. The summed E-state index contributed by atoms with van der Waals surface area (Å²) in [7, 11) is 0. The van der Waals surface area contributed by atoms with Crippen LogP contribution in [0.5, 0.6) is 0 Å². The molecule has 1 aromatic carbocycles. The Morgan fingerprint density at radius 3 is 2.50 bits per heavy atom. The quantitative estimate of drug-likeness (QED) is 0.779. The van der Waals surface area contributed by atoms with Gasteiger partial charge in [0.1, 0.15) is 0 Å². The fourth-order valence-electron chi connectivity index (χ4n) is 3.67. The summed E-state index contributed by atoms with van der Waals surface area (Å²) in [5.41, 5.74) is 1.45. The predicted octanol–water partition coefficient (Wildman–Crippen LogP) is 4.46. The van der Waals surface area contributed by atoms with Crippen LogP contribution in [-0.2, 0) is 6.54 Å². The van der Waals surface area contributed by atoms with E-state index in [-0.39, 0.29) is 0 Å². The van der Waals surface area contributed by atoms with Gasteiger partial charge in [-0.15, -0.1) is 0 Å². The van der Waals surface area contributed by atoms with Gasteiger partial charge in [0.25, 0.3) is 0 Å². The van der Waals surface area contributed by atoms with Gasteiger partial charge in [-0.3, -0.25) is 4.90 Å². The van der Waals surface area contributed by atoms with Crippen LogP contribution in [0.25, 0.3) is 0 Å². The summed E-state index contributed by atoms with van der Waals surface area (Å²) in [5.74, 6) is 2.03. The van der Waals surface area contributed by atoms with Gasteiger partial charge in [-0.1, -0.05) is 47.3 Å². The van der Waals surface area contributed by atoms with E-state index in [1.165, 1.54) is 55.2 Å². The first-order chi connectivity index (χ1) is 8.81. The minimum atomic E-state index is 0.989. The van der Waals surface area contributed by atoms with Crippen molar-refractivity contribution in [3.8, 4) is 0 Å². The third kappa shape index (κ3) is 2.97. The Balaban J connectivity index is 1.59. The van der Waals surface area contributed by atoms with Crippen LogP contribution in [-0.4, -0.2) is 18.0 Å². The molecule has 0 spiro atoms. The molecule has 2 unspecified atom stereocenters. The SMILES string of the molecule is Brc1ccc(CN2CCC3CCCCC3C2)cc1. The highest BCUT2D eigenvalue weighted by atomic mass is 79.9. The lowest BCUT2D eigenvalue weighted by Gasteiger charge is -2.41. The van der Waals surface area contributed by atoms with E-state index in [1.54, 1.807) is 0 Å². The minimum Gasteiger partial charge on any atom is -0.299 e. The van der Waals surface area contributed by atoms with Crippen LogP contribution in [0, 0.1) is 11.8 Å². The summed E-state index contributed by atoms with van der Waals surface area (Å²) in [4.78, 5) is 2.66. The van der Waals surface area contributed by atoms with Gasteiger partial charge in [0.15, 0.2) is 0 Å². The molecule has 18 heavy (non-hydrogen) atoms. The van der Waals surface area contributed by atoms with Crippen molar-refractivity contribution in [1.82, 2.24) is 4.90 Å². The molecule has 1 saturated heterocycles. The first-order valence-electron chi connectivity index (χ1n) is 7.28. The Labute approximate surface area is 119 Å². The zero-order valence-electron chi connectivity index (χ0n) is 10.9. The van der Waals surface area contributed by atoms with Crippen LogP contribution in [0.4, 0.5) is 0 Å². The molecule has 1 saturated carbocycles. The van der Waals surface area contributed by atoms with Crippen molar-refractivity contribution in [1.29, 1.82) is 0 Å². The summed E-state index contributed by atoms with van der Waals surface area (Å²) >= 11 is 3.50. The number of benzene rings is 1. The van der Waals surface area contributed by atoms with Crippen molar-refractivity contribution in [2.24, 2.45) is 11.8 Å². The molecule has 2 atom stereocenters. The highest BCUT2D eigenvalue weighted by Crippen LogP contribution is 2.36. The molecule has 2 aliphatic rings. The lowest BCUT2D eigenvalue weighted by atomic mass is 9.75. The van der Waals surface area contributed by atoms with E-state index in [0.29, 0.717) is 0 Å². The number of halogens is 1. The Morgan fingerprint density at radius 2 is 1.72 bits per heavy atom. The van der Waals surface area contributed by atoms with Gasteiger partial charge in [0.2, 0.25) is 0 Å². The molecular formula is C16H22BrN. The Bertz CT molecular complexity index is 387. The largest absolute Gasteiger partial charge is 0.299 e. The minimum absolute atomic E-state index is 0.989. The van der Waals surface area contributed by atoms with E-state index >= 15 is 0 Å². The molecule has 1 aliphatic carbocycles. The number of piperidine rings is 1. The standard InChI is InChI=1S/C16H22BrN/c17-16-7-5-13(6-8-16)11-18-10-9-14-3-1-2-4-15(14)12-18/h5-8,14-15H,1-4,9-12H2. The van der Waals surface area contributed by atoms with Crippen molar-refractivity contribution in [3.05, 3.63) is 34.3 Å². The molecule has 2 fully saturated rings. The summed E-state index contributed by atoms with van der Waals surface area (Å²) in [6, 6.07) is 8.81. The first-order valence-corrected chi connectivity index (χ1v) is 8.07. The second-order valence-corrected chi connectivity index (χ2v) is 6.87. The van der Waals surface area contributed by atoms with E-state index in [2.05, 4.69) is 45.1 Å². The fourth-order valence-corrected chi connectivity index (χ4v) is 3.93. The van der Waals surface area contributed by atoms with Gasteiger partial charge >= 0.3 is 0 Å². The lowest BCUT2D eigenvalue weighted by molar-refractivity contribution is 0.0820. The Morgan fingerprint density at radius 1 is 1.00 bits per heavy atom. The molecule has 1 aliphatic heterocycles. The molecule has 0 bridgehead atoms. The van der Waals surface area contributed by atoms with Crippen molar-refractivity contribution in [2.75, 3.05) is 13.1 Å². The molecule has 0 radical (unpaired) electrons. The topological polar surface area (TPSA) is 3.24 Å². The highest BCUT2D eigenvalue weighted by Gasteiger charge is 2.30. The monoisotopic (exact) mass is 307 g/mol. The normalized spacial score (nSPS) is 28.9. The van der Waals surface area contributed by atoms with Gasteiger partial charge in [0, 0.05) is 17.6 Å². The first kappa shape index (κ1) is 12.7. The zero-order chi connectivity index (χ0) is 12.4. The van der Waals surface area contributed by atoms with Gasteiger partial charge in [-0.05, 0) is 48.9 Å². The van der Waals surface area contributed by atoms with E-state index < -0.39 is 0 Å². The van der Waals surface area contributed by atoms with Gasteiger partial charge in [-0.2, -0.15) is 0 Å². The second kappa shape index (κ2) is 5.75. The summed E-state index contributed by atoms with van der Waals surface area (Å²) in [6.07, 6.45) is 7.35. The number of fused-ring (bicyclic) bond motifs is 1. The zero-order valence-corrected chi connectivity index (χ0v) is 12.5. The number of hydrogen-bond donors (Lipinski definition) is 0. The summed E-state index contributed by atoms with van der Waals surface area (Å²) in [6.45, 7) is 3.77. The fraction of sp³-hybridized carbons (Fsp3) is 0.625. The van der Waals surface area contributed by atoms with Crippen LogP contribution >= 0.6 is 15.9 Å². The molecule has 1 nitrogen and oxygen atoms in total. The van der Waals surface area contributed by atoms with Crippen LogP contribution < -0.4 is 0 Å². The molecule has 98 valence electrons. The number of nitrogens with zero attached hydrogens (tertiary/aromatic N) is 1. The molecule has 3 rings (SSSR count). The molecule has 2 heteroatoms. The number of hydrogen-bond acceptors (Lipinski definition) is 1. The van der Waals surface area contributed by atoms with E-state index in [4.69, 9.17) is 0 Å². The maximum Gasteiger partial charge on any atom is 0.0233 e. The maximum absolute atomic E-state index is 3.50. The molecule has 0 aromatic heterocycles. The van der Waals surface area contributed by atoms with Crippen molar-refractivity contribution in [3.63, 3.8) is 0 Å². The molecule has 1 aromatic rings. The van der Waals surface area contributed by atoms with Crippen molar-refractivity contribution in [2.45, 2.75) is 38.6 Å². The average molecular weight is 308 g/mol. The van der Waals surface area contributed by atoms with E-state index in [0.717, 1.165) is 18.4 Å². The molecular weight excluding hydrogens is 286 g/mol. The van der Waals surface area contributed by atoms with Crippen molar-refractivity contribution < 1.29 is 0 Å². The summed E-state index contributed by atoms with van der Waals surface area (Å²) < 4.78 is 1.18. The van der Waals surface area contributed by atoms with Crippen LogP contribution in [0.1, 0.15) is 37.7 Å². The molecule has 0 amide bonds. The average Bonchev–Trinajstić information content (AvgIpc) is 2.41. The number of likely N-dealkylation sites (tertiary alicyclic amines) is 1. The summed E-state index contributed by atoms with van der Waals surface area (Å²) in [5, 5.41) is 0. The maximum atomic E-state index is 3.50. The Kier molecular flexibility index (Phi) is 4.05. The van der Waals surface area contributed by atoms with Crippen LogP contribution in [0.2, 0.25) is 0 Å². The Hall–Kier alpha value is -0.340. The van der Waals surface area contributed by atoms with Crippen LogP contribution in [0.3, 0.4) is 0 Å². The van der Waals surface area contributed by atoms with E-state index in [9.17, 15) is 0 Å². The smallest absolute Gasteiger partial charge is 0.0233 e.